The molecule has 6 nitrogen and oxygen atoms in total. The highest BCUT2D eigenvalue weighted by atomic mass is 32.2. The maximum Gasteiger partial charge on any atom is 0.273 e. The van der Waals surface area contributed by atoms with Crippen LogP contribution < -0.4 is 10.9 Å². The third-order valence-corrected chi connectivity index (χ3v) is 3.92. The molecule has 0 fully saturated rings. The van der Waals surface area contributed by atoms with Crippen LogP contribution >= 0.6 is 11.8 Å². The van der Waals surface area contributed by atoms with Gasteiger partial charge in [-0.2, -0.15) is 5.26 Å². The minimum atomic E-state index is -0.312. The fourth-order valence-electron chi connectivity index (χ4n) is 1.98. The quantitative estimate of drug-likeness (QED) is 0.790. The van der Waals surface area contributed by atoms with Gasteiger partial charge in [-0.15, -0.1) is 0 Å². The van der Waals surface area contributed by atoms with Crippen LogP contribution in [0.2, 0.25) is 0 Å². The Balaban J connectivity index is 2.25. The number of fused-ring (bicyclic) bond motifs is 1. The number of thioether (sulfide) groups is 1. The fraction of sp³-hybridized carbons (Fsp3) is 0.231. The van der Waals surface area contributed by atoms with Gasteiger partial charge in [0.15, 0.2) is 5.16 Å². The summed E-state index contributed by atoms with van der Waals surface area (Å²) in [6.45, 7) is 2.26. The number of hydrogen-bond acceptors (Lipinski definition) is 6. The zero-order valence-corrected chi connectivity index (χ0v) is 11.6. The second-order valence-corrected chi connectivity index (χ2v) is 5.29. The molecule has 100 valence electrons. The Kier molecular flexibility index (Phi) is 3.26. The van der Waals surface area contributed by atoms with Crippen LogP contribution in [0.4, 0.5) is 0 Å². The lowest BCUT2D eigenvalue weighted by Crippen LogP contribution is -2.35. The van der Waals surface area contributed by atoms with Crippen LogP contribution in [0.25, 0.3) is 11.3 Å². The third kappa shape index (κ3) is 2.09. The fourth-order valence-corrected chi connectivity index (χ4v) is 2.76. The minimum Gasteiger partial charge on any atom is -0.290 e. The van der Waals surface area contributed by atoms with E-state index < -0.39 is 0 Å². The summed E-state index contributed by atoms with van der Waals surface area (Å²) in [5.41, 5.74) is 1.72. The lowest BCUT2D eigenvalue weighted by atomic mass is 10.1. The molecule has 20 heavy (non-hydrogen) atoms. The van der Waals surface area contributed by atoms with Gasteiger partial charge in [0.05, 0.1) is 18.2 Å². The normalized spacial score (nSPS) is 13.6. The molecule has 0 bridgehead atoms. The van der Waals surface area contributed by atoms with Crippen LogP contribution in [-0.2, 0) is 6.67 Å². The van der Waals surface area contributed by atoms with Gasteiger partial charge in [0, 0.05) is 17.5 Å². The molecular weight excluding hydrogens is 274 g/mol. The monoisotopic (exact) mass is 285 g/mol. The number of nitrogens with one attached hydrogen (secondary N) is 1. The lowest BCUT2D eigenvalue weighted by Gasteiger charge is -2.19. The molecule has 3 rings (SSSR count). The molecule has 1 aliphatic rings. The first kappa shape index (κ1) is 12.8. The molecule has 1 aliphatic heterocycles. The maximum absolute atomic E-state index is 12.3. The van der Waals surface area contributed by atoms with E-state index in [-0.39, 0.29) is 11.1 Å². The average molecular weight is 285 g/mol. The number of aryl methyl sites for hydroxylation is 1. The highest BCUT2D eigenvalue weighted by Crippen LogP contribution is 2.23. The Morgan fingerprint density at radius 2 is 2.35 bits per heavy atom. The van der Waals surface area contributed by atoms with Crippen molar-refractivity contribution in [3.8, 4) is 17.3 Å². The van der Waals surface area contributed by atoms with Crippen molar-refractivity contribution in [3.05, 3.63) is 39.9 Å². The first-order chi connectivity index (χ1) is 9.70. The summed E-state index contributed by atoms with van der Waals surface area (Å²) < 4.78 is 1.48. The van der Waals surface area contributed by atoms with E-state index in [4.69, 9.17) is 0 Å². The summed E-state index contributed by atoms with van der Waals surface area (Å²) in [6, 6.07) is 5.63. The van der Waals surface area contributed by atoms with Gasteiger partial charge in [-0.3, -0.25) is 19.7 Å². The summed E-state index contributed by atoms with van der Waals surface area (Å²) in [4.78, 5) is 21.0. The number of nitriles is 1. The Hall–Kier alpha value is -2.17. The summed E-state index contributed by atoms with van der Waals surface area (Å²) in [6.07, 6.45) is 1.64. The van der Waals surface area contributed by atoms with Gasteiger partial charge in [0.25, 0.3) is 5.56 Å². The van der Waals surface area contributed by atoms with Crippen molar-refractivity contribution in [1.29, 1.82) is 5.26 Å². The lowest BCUT2D eigenvalue weighted by molar-refractivity contribution is 0.511. The summed E-state index contributed by atoms with van der Waals surface area (Å²) in [7, 11) is 0. The van der Waals surface area contributed by atoms with Gasteiger partial charge in [0.2, 0.25) is 0 Å². The standard InChI is InChI=1S/C13H11N5OS/c1-8-2-3-9(5-16-8)11-10(4-14)12(19)18-6-15-7-20-13(18)17-11/h2-3,5,15H,6-7H2,1H3. The van der Waals surface area contributed by atoms with E-state index in [1.807, 2.05) is 25.1 Å². The van der Waals surface area contributed by atoms with Crippen LogP contribution in [0.3, 0.4) is 0 Å². The topological polar surface area (TPSA) is 83.6 Å². The van der Waals surface area contributed by atoms with Crippen molar-refractivity contribution in [1.82, 2.24) is 19.9 Å². The van der Waals surface area contributed by atoms with Crippen molar-refractivity contribution >= 4 is 11.8 Å². The van der Waals surface area contributed by atoms with Crippen molar-refractivity contribution < 1.29 is 0 Å². The summed E-state index contributed by atoms with van der Waals surface area (Å²) >= 11 is 1.44. The molecule has 0 aromatic carbocycles. The Labute approximate surface area is 119 Å². The number of hydrogen-bond donors (Lipinski definition) is 1. The van der Waals surface area contributed by atoms with E-state index in [1.165, 1.54) is 16.3 Å². The van der Waals surface area contributed by atoms with Gasteiger partial charge in [0.1, 0.15) is 11.6 Å². The van der Waals surface area contributed by atoms with Crippen LogP contribution in [0.5, 0.6) is 0 Å². The van der Waals surface area contributed by atoms with Crippen molar-refractivity contribution in [2.75, 3.05) is 5.88 Å². The van der Waals surface area contributed by atoms with Gasteiger partial charge in [-0.1, -0.05) is 11.8 Å². The highest BCUT2D eigenvalue weighted by molar-refractivity contribution is 7.99. The minimum absolute atomic E-state index is 0.0590. The van der Waals surface area contributed by atoms with E-state index in [0.717, 1.165) is 5.69 Å². The third-order valence-electron chi connectivity index (χ3n) is 3.00. The molecule has 7 heteroatoms. The maximum atomic E-state index is 12.3. The Morgan fingerprint density at radius 1 is 1.50 bits per heavy atom. The zero-order valence-electron chi connectivity index (χ0n) is 10.8. The smallest absolute Gasteiger partial charge is 0.273 e. The van der Waals surface area contributed by atoms with Crippen LogP contribution in [0.1, 0.15) is 11.3 Å². The first-order valence-corrected chi connectivity index (χ1v) is 7.01. The van der Waals surface area contributed by atoms with Crippen LogP contribution in [0, 0.1) is 18.3 Å². The zero-order chi connectivity index (χ0) is 14.1. The SMILES string of the molecule is Cc1ccc(-c2nc3n(c(=O)c2C#N)CNCS3)cn1. The molecular formula is C13H11N5OS. The van der Waals surface area contributed by atoms with E-state index in [0.29, 0.717) is 29.0 Å². The molecule has 0 unspecified atom stereocenters. The summed E-state index contributed by atoms with van der Waals surface area (Å²) in [5, 5.41) is 13.0. The molecule has 0 atom stereocenters. The Bertz CT molecular complexity index is 760. The van der Waals surface area contributed by atoms with Crippen molar-refractivity contribution in [3.63, 3.8) is 0 Å². The molecule has 0 radical (unpaired) electrons. The highest BCUT2D eigenvalue weighted by Gasteiger charge is 2.20. The van der Waals surface area contributed by atoms with E-state index in [1.54, 1.807) is 6.20 Å². The molecule has 2 aromatic rings. The van der Waals surface area contributed by atoms with Gasteiger partial charge in [-0.25, -0.2) is 4.98 Å². The van der Waals surface area contributed by atoms with Gasteiger partial charge < -0.3 is 0 Å². The molecule has 3 heterocycles. The van der Waals surface area contributed by atoms with Crippen LogP contribution in [0.15, 0.2) is 28.3 Å². The average Bonchev–Trinajstić information content (AvgIpc) is 2.48. The molecule has 0 amide bonds. The van der Waals surface area contributed by atoms with Crippen LogP contribution in [-0.4, -0.2) is 20.4 Å². The molecule has 0 saturated heterocycles. The summed E-state index contributed by atoms with van der Waals surface area (Å²) in [5.74, 6) is 0.698. The molecule has 2 aromatic heterocycles. The predicted octanol–water partition coefficient (Wildman–Crippen LogP) is 1.10. The number of aromatic nitrogens is 3. The Morgan fingerprint density at radius 3 is 3.05 bits per heavy atom. The predicted molar refractivity (Wildman–Crippen MR) is 75.0 cm³/mol. The van der Waals surface area contributed by atoms with Crippen molar-refractivity contribution in [2.45, 2.75) is 18.7 Å². The van der Waals surface area contributed by atoms with Crippen molar-refractivity contribution in [2.24, 2.45) is 0 Å². The second-order valence-electron chi connectivity index (χ2n) is 4.35. The number of rotatable bonds is 1. The van der Waals surface area contributed by atoms with Gasteiger partial charge in [-0.05, 0) is 19.1 Å². The number of nitrogens with zero attached hydrogens (tertiary/aromatic N) is 4. The second kappa shape index (κ2) is 5.07. The largest absolute Gasteiger partial charge is 0.290 e. The first-order valence-electron chi connectivity index (χ1n) is 6.02. The van der Waals surface area contributed by atoms with E-state index >= 15 is 0 Å². The molecule has 1 N–H and O–H groups in total. The van der Waals surface area contributed by atoms with E-state index in [2.05, 4.69) is 15.3 Å². The molecule has 0 saturated carbocycles. The molecule has 0 spiro atoms. The van der Waals surface area contributed by atoms with E-state index in [9.17, 15) is 10.1 Å². The van der Waals surface area contributed by atoms with Gasteiger partial charge >= 0.3 is 0 Å². The molecule has 0 aliphatic carbocycles. The number of pyridine rings is 1.